The van der Waals surface area contributed by atoms with Crippen molar-refractivity contribution in [3.8, 4) is 0 Å². The molecular formula is C14H22N2O2. The first-order chi connectivity index (χ1) is 8.67. The van der Waals surface area contributed by atoms with E-state index in [1.165, 1.54) is 19.4 Å². The lowest BCUT2D eigenvalue weighted by Crippen LogP contribution is -2.35. The van der Waals surface area contributed by atoms with Crippen LogP contribution in [0, 0.1) is 5.92 Å². The van der Waals surface area contributed by atoms with Crippen LogP contribution in [-0.2, 0) is 17.6 Å². The molecule has 1 aliphatic rings. The maximum Gasteiger partial charge on any atom is 0.194 e. The Hall–Kier alpha value is -1.16. The van der Waals surface area contributed by atoms with Gasteiger partial charge in [0.2, 0.25) is 0 Å². The number of rotatable bonds is 5. The Morgan fingerprint density at radius 3 is 3.17 bits per heavy atom. The molecule has 0 bridgehead atoms. The van der Waals surface area contributed by atoms with Crippen LogP contribution in [0.1, 0.15) is 38.3 Å². The number of aromatic nitrogens is 1. The van der Waals surface area contributed by atoms with E-state index in [1.54, 1.807) is 13.1 Å². The first-order valence-corrected chi connectivity index (χ1v) is 6.82. The molecule has 4 nitrogen and oxygen atoms in total. The first kappa shape index (κ1) is 13.3. The van der Waals surface area contributed by atoms with Crippen LogP contribution < -0.4 is 0 Å². The highest BCUT2D eigenvalue weighted by Crippen LogP contribution is 2.20. The minimum atomic E-state index is 0.118. The van der Waals surface area contributed by atoms with Gasteiger partial charge in [0.25, 0.3) is 0 Å². The minimum Gasteiger partial charge on any atom is -0.445 e. The molecule has 0 radical (unpaired) electrons. The first-order valence-electron chi connectivity index (χ1n) is 6.82. The van der Waals surface area contributed by atoms with Crippen LogP contribution in [0.15, 0.2) is 10.6 Å². The van der Waals surface area contributed by atoms with Gasteiger partial charge in [-0.05, 0) is 38.8 Å². The lowest BCUT2D eigenvalue weighted by atomic mass is 9.95. The summed E-state index contributed by atoms with van der Waals surface area (Å²) in [5, 5.41) is 0. The van der Waals surface area contributed by atoms with Crippen LogP contribution in [0.5, 0.6) is 0 Å². The van der Waals surface area contributed by atoms with E-state index in [0.29, 0.717) is 18.1 Å². The summed E-state index contributed by atoms with van der Waals surface area (Å²) in [5.41, 5.74) is 0. The van der Waals surface area contributed by atoms with Gasteiger partial charge in [0.1, 0.15) is 11.5 Å². The third-order valence-corrected chi connectivity index (χ3v) is 3.54. The zero-order chi connectivity index (χ0) is 13.0. The van der Waals surface area contributed by atoms with Crippen LogP contribution in [0.2, 0.25) is 0 Å². The molecule has 1 unspecified atom stereocenters. The van der Waals surface area contributed by atoms with E-state index in [0.717, 1.165) is 25.4 Å². The summed E-state index contributed by atoms with van der Waals surface area (Å²) in [4.78, 5) is 17.8. The van der Waals surface area contributed by atoms with E-state index in [4.69, 9.17) is 4.42 Å². The van der Waals surface area contributed by atoms with Crippen molar-refractivity contribution in [2.75, 3.05) is 19.6 Å². The lowest BCUT2D eigenvalue weighted by molar-refractivity contribution is -0.116. The predicted molar refractivity (Wildman–Crippen MR) is 69.4 cm³/mol. The van der Waals surface area contributed by atoms with Crippen LogP contribution in [0.25, 0.3) is 0 Å². The molecular weight excluding hydrogens is 228 g/mol. The smallest absolute Gasteiger partial charge is 0.194 e. The number of hydrogen-bond acceptors (Lipinski definition) is 4. The van der Waals surface area contributed by atoms with Gasteiger partial charge >= 0.3 is 0 Å². The van der Waals surface area contributed by atoms with Gasteiger partial charge in [0.05, 0.1) is 12.6 Å². The molecule has 2 rings (SSSR count). The lowest BCUT2D eigenvalue weighted by Gasteiger charge is -2.31. The second-order valence-electron chi connectivity index (χ2n) is 5.20. The Morgan fingerprint density at radius 1 is 1.61 bits per heavy atom. The number of Topliss-reactive ketones (excluding diaryl/α,β-unsaturated/α-hetero) is 1. The maximum atomic E-state index is 11.0. The molecule has 0 amide bonds. The average Bonchev–Trinajstić information content (AvgIpc) is 2.76. The Bertz CT molecular complexity index is 400. The number of carbonyl (C=O) groups excluding carboxylic acids is 1. The molecule has 18 heavy (non-hydrogen) atoms. The van der Waals surface area contributed by atoms with Crippen molar-refractivity contribution in [3.05, 3.63) is 17.8 Å². The molecule has 1 atom stereocenters. The molecule has 100 valence electrons. The van der Waals surface area contributed by atoms with Crippen LogP contribution >= 0.6 is 0 Å². The quantitative estimate of drug-likeness (QED) is 0.802. The number of carbonyl (C=O) groups is 1. The number of likely N-dealkylation sites (tertiary alicyclic amines) is 1. The third kappa shape index (κ3) is 3.67. The molecule has 0 aliphatic carbocycles. The standard InChI is InChI=1S/C14H22N2O2/c1-3-16-6-4-5-12(10-16)8-14-15-9-13(18-14)7-11(2)17/h9,12H,3-8,10H2,1-2H3. The summed E-state index contributed by atoms with van der Waals surface area (Å²) in [6, 6.07) is 0. The molecule has 2 heterocycles. The molecule has 0 aromatic carbocycles. The van der Waals surface area contributed by atoms with Crippen LogP contribution in [0.4, 0.5) is 0 Å². The van der Waals surface area contributed by atoms with E-state index >= 15 is 0 Å². The molecule has 1 aromatic rings. The molecule has 1 aliphatic heterocycles. The minimum absolute atomic E-state index is 0.118. The van der Waals surface area contributed by atoms with Gasteiger partial charge in [-0.2, -0.15) is 0 Å². The highest BCUT2D eigenvalue weighted by Gasteiger charge is 2.20. The van der Waals surface area contributed by atoms with Crippen molar-refractivity contribution in [2.24, 2.45) is 5.92 Å². The van der Waals surface area contributed by atoms with E-state index in [1.807, 2.05) is 0 Å². The van der Waals surface area contributed by atoms with Gasteiger partial charge in [-0.1, -0.05) is 6.92 Å². The number of nitrogens with zero attached hydrogens (tertiary/aromatic N) is 2. The molecule has 1 aromatic heterocycles. The monoisotopic (exact) mass is 250 g/mol. The highest BCUT2D eigenvalue weighted by molar-refractivity contribution is 5.77. The van der Waals surface area contributed by atoms with Crippen molar-refractivity contribution < 1.29 is 9.21 Å². The molecule has 1 saturated heterocycles. The van der Waals surface area contributed by atoms with Crippen molar-refractivity contribution in [2.45, 2.75) is 39.5 Å². The van der Waals surface area contributed by atoms with Crippen molar-refractivity contribution in [1.29, 1.82) is 0 Å². The van der Waals surface area contributed by atoms with Crippen molar-refractivity contribution >= 4 is 5.78 Å². The number of oxazole rings is 1. The van der Waals surface area contributed by atoms with Gasteiger partial charge in [-0.3, -0.25) is 4.79 Å². The summed E-state index contributed by atoms with van der Waals surface area (Å²) in [7, 11) is 0. The molecule has 0 spiro atoms. The van der Waals surface area contributed by atoms with Gasteiger partial charge in [0, 0.05) is 13.0 Å². The zero-order valence-electron chi connectivity index (χ0n) is 11.3. The van der Waals surface area contributed by atoms with E-state index in [9.17, 15) is 4.79 Å². The van der Waals surface area contributed by atoms with Gasteiger partial charge < -0.3 is 9.32 Å². The number of hydrogen-bond donors (Lipinski definition) is 0. The summed E-state index contributed by atoms with van der Waals surface area (Å²) in [6.07, 6.45) is 5.46. The Kier molecular flexibility index (Phi) is 4.53. The summed E-state index contributed by atoms with van der Waals surface area (Å²) in [6.45, 7) is 7.26. The van der Waals surface area contributed by atoms with Gasteiger partial charge in [-0.25, -0.2) is 4.98 Å². The number of ketones is 1. The second-order valence-corrected chi connectivity index (χ2v) is 5.20. The average molecular weight is 250 g/mol. The Morgan fingerprint density at radius 2 is 2.44 bits per heavy atom. The van der Waals surface area contributed by atoms with Crippen LogP contribution in [-0.4, -0.2) is 35.3 Å². The predicted octanol–water partition coefficient (Wildman–Crippen LogP) is 2.08. The summed E-state index contributed by atoms with van der Waals surface area (Å²) < 4.78 is 5.62. The maximum absolute atomic E-state index is 11.0. The van der Waals surface area contributed by atoms with E-state index in [-0.39, 0.29) is 5.78 Å². The van der Waals surface area contributed by atoms with Gasteiger partial charge in [-0.15, -0.1) is 0 Å². The van der Waals surface area contributed by atoms with Gasteiger partial charge in [0.15, 0.2) is 5.89 Å². The van der Waals surface area contributed by atoms with E-state index < -0.39 is 0 Å². The van der Waals surface area contributed by atoms with Crippen molar-refractivity contribution in [1.82, 2.24) is 9.88 Å². The Balaban J connectivity index is 1.88. The zero-order valence-corrected chi connectivity index (χ0v) is 11.3. The topological polar surface area (TPSA) is 46.3 Å². The normalized spacial score (nSPS) is 21.1. The molecule has 0 saturated carbocycles. The van der Waals surface area contributed by atoms with E-state index in [2.05, 4.69) is 16.8 Å². The van der Waals surface area contributed by atoms with Crippen LogP contribution in [0.3, 0.4) is 0 Å². The largest absolute Gasteiger partial charge is 0.445 e. The Labute approximate surface area is 108 Å². The molecule has 0 N–H and O–H groups in total. The molecule has 4 heteroatoms. The summed E-state index contributed by atoms with van der Waals surface area (Å²) in [5.74, 6) is 2.24. The fourth-order valence-electron chi connectivity index (χ4n) is 2.62. The third-order valence-electron chi connectivity index (χ3n) is 3.54. The fraction of sp³-hybridized carbons (Fsp3) is 0.714. The highest BCUT2D eigenvalue weighted by atomic mass is 16.4. The second kappa shape index (κ2) is 6.14. The fourth-order valence-corrected chi connectivity index (χ4v) is 2.62. The summed E-state index contributed by atoms with van der Waals surface area (Å²) >= 11 is 0. The number of piperidine rings is 1. The van der Waals surface area contributed by atoms with Crippen molar-refractivity contribution in [3.63, 3.8) is 0 Å². The SMILES string of the molecule is CCN1CCCC(Cc2ncc(CC(C)=O)o2)C1. The molecule has 1 fully saturated rings.